The minimum Gasteiger partial charge on any atom is -0.379 e. The molecule has 0 spiro atoms. The number of carbonyl (C=O) groups is 3. The molecule has 0 saturated carbocycles. The normalized spacial score (nSPS) is 12.0. The first kappa shape index (κ1) is 36.5. The number of amides is 2. The molecule has 0 aromatic rings. The zero-order valence-corrected chi connectivity index (χ0v) is 25.0. The number of unbranched alkanes of at least 4 members (excludes halogenated alkanes) is 5. The van der Waals surface area contributed by atoms with Crippen LogP contribution in [0.1, 0.15) is 111 Å². The second-order valence-electron chi connectivity index (χ2n) is 10.6. The zero-order chi connectivity index (χ0) is 28.3. The number of hydrogen-bond acceptors (Lipinski definition) is 6. The van der Waals surface area contributed by atoms with E-state index in [-0.39, 0.29) is 23.5 Å². The molecule has 0 heterocycles. The molecule has 0 aromatic carbocycles. The van der Waals surface area contributed by atoms with Crippen LogP contribution in [0.15, 0.2) is 0 Å². The minimum absolute atomic E-state index is 0.0274. The Labute approximate surface area is 232 Å². The Morgan fingerprint density at radius 2 is 1.11 bits per heavy atom. The van der Waals surface area contributed by atoms with E-state index in [9.17, 15) is 14.4 Å². The van der Waals surface area contributed by atoms with Crippen molar-refractivity contribution in [2.75, 3.05) is 52.7 Å². The third kappa shape index (κ3) is 26.1. The van der Waals surface area contributed by atoms with E-state index in [0.717, 1.165) is 25.3 Å². The first-order chi connectivity index (χ1) is 18.4. The van der Waals surface area contributed by atoms with Crippen molar-refractivity contribution in [1.82, 2.24) is 10.6 Å². The Kier molecular flexibility index (Phi) is 26.0. The number of nitrogens with one attached hydrogen (secondary N) is 2. The highest BCUT2D eigenvalue weighted by molar-refractivity contribution is 5.80. The topological polar surface area (TPSA) is 103 Å². The SMILES string of the molecule is CCCCCCCC(C)CCCCNC(=O)CCCC(=O)NCCOCCOCCOCCC(=O)C(C)C. The molecule has 0 aliphatic heterocycles. The summed E-state index contributed by atoms with van der Waals surface area (Å²) in [5.74, 6) is 1.00. The molecule has 224 valence electrons. The van der Waals surface area contributed by atoms with E-state index < -0.39 is 0 Å². The van der Waals surface area contributed by atoms with E-state index in [1.807, 2.05) is 13.8 Å². The molecule has 0 aliphatic rings. The second kappa shape index (κ2) is 27.1. The van der Waals surface area contributed by atoms with E-state index in [0.29, 0.717) is 71.9 Å². The minimum atomic E-state index is -0.0607. The summed E-state index contributed by atoms with van der Waals surface area (Å²) in [7, 11) is 0. The number of ketones is 1. The van der Waals surface area contributed by atoms with Crippen molar-refractivity contribution < 1.29 is 28.6 Å². The monoisotopic (exact) mass is 542 g/mol. The first-order valence-electron chi connectivity index (χ1n) is 15.2. The molecule has 0 rings (SSSR count). The van der Waals surface area contributed by atoms with Crippen molar-refractivity contribution in [3.8, 4) is 0 Å². The lowest BCUT2D eigenvalue weighted by Gasteiger charge is -2.11. The molecule has 2 N–H and O–H groups in total. The molecule has 0 aromatic heterocycles. The second-order valence-corrected chi connectivity index (χ2v) is 10.6. The number of rotatable bonds is 28. The fourth-order valence-corrected chi connectivity index (χ4v) is 3.94. The molecule has 0 bridgehead atoms. The van der Waals surface area contributed by atoms with Gasteiger partial charge in [-0.25, -0.2) is 0 Å². The van der Waals surface area contributed by atoms with Crippen LogP contribution in [0.4, 0.5) is 0 Å². The average molecular weight is 543 g/mol. The third-order valence-electron chi connectivity index (χ3n) is 6.50. The predicted octanol–water partition coefficient (Wildman–Crippen LogP) is 5.22. The summed E-state index contributed by atoms with van der Waals surface area (Å²) in [6.45, 7) is 12.2. The Hall–Kier alpha value is -1.51. The van der Waals surface area contributed by atoms with Crippen LogP contribution < -0.4 is 10.6 Å². The van der Waals surface area contributed by atoms with Gasteiger partial charge in [0, 0.05) is 38.3 Å². The molecular formula is C30H58N2O6. The maximum atomic E-state index is 12.0. The van der Waals surface area contributed by atoms with Crippen LogP contribution in [0, 0.1) is 11.8 Å². The third-order valence-corrected chi connectivity index (χ3v) is 6.50. The predicted molar refractivity (Wildman–Crippen MR) is 153 cm³/mol. The summed E-state index contributed by atoms with van der Waals surface area (Å²) in [6.07, 6.45) is 13.2. The van der Waals surface area contributed by atoms with Gasteiger partial charge >= 0.3 is 0 Å². The molecule has 0 saturated heterocycles. The summed E-state index contributed by atoms with van der Waals surface area (Å²) in [5.41, 5.74) is 0. The zero-order valence-electron chi connectivity index (χ0n) is 25.0. The fourth-order valence-electron chi connectivity index (χ4n) is 3.94. The maximum Gasteiger partial charge on any atom is 0.220 e. The summed E-state index contributed by atoms with van der Waals surface area (Å²) in [6, 6.07) is 0. The quantitative estimate of drug-likeness (QED) is 0.131. The highest BCUT2D eigenvalue weighted by Gasteiger charge is 2.07. The van der Waals surface area contributed by atoms with Gasteiger partial charge in [-0.3, -0.25) is 14.4 Å². The van der Waals surface area contributed by atoms with Crippen molar-refractivity contribution in [2.45, 2.75) is 111 Å². The van der Waals surface area contributed by atoms with E-state index >= 15 is 0 Å². The van der Waals surface area contributed by atoms with Crippen molar-refractivity contribution in [1.29, 1.82) is 0 Å². The lowest BCUT2D eigenvalue weighted by Crippen LogP contribution is -2.28. The Morgan fingerprint density at radius 3 is 1.71 bits per heavy atom. The van der Waals surface area contributed by atoms with Crippen LogP contribution in [0.5, 0.6) is 0 Å². The van der Waals surface area contributed by atoms with Gasteiger partial charge in [0.15, 0.2) is 0 Å². The van der Waals surface area contributed by atoms with Gasteiger partial charge in [-0.1, -0.05) is 79.1 Å². The molecule has 2 amide bonds. The van der Waals surface area contributed by atoms with E-state index in [1.54, 1.807) is 0 Å². The van der Waals surface area contributed by atoms with E-state index in [2.05, 4.69) is 24.5 Å². The molecule has 8 heteroatoms. The standard InChI is InChI=1S/C30H58N2O6/c1-5-6-7-8-9-13-27(4)14-10-11-18-31-29(34)15-12-16-30(35)32-19-21-37-23-25-38-24-22-36-20-17-28(33)26(2)3/h26-27H,5-25H2,1-4H3,(H,31,34)(H,32,35). The summed E-state index contributed by atoms with van der Waals surface area (Å²) < 4.78 is 16.2. The van der Waals surface area contributed by atoms with E-state index in [1.165, 1.54) is 44.9 Å². The van der Waals surface area contributed by atoms with Crippen molar-refractivity contribution >= 4 is 17.6 Å². The molecule has 1 atom stereocenters. The van der Waals surface area contributed by atoms with Crippen molar-refractivity contribution in [3.05, 3.63) is 0 Å². The largest absolute Gasteiger partial charge is 0.379 e. The van der Waals surface area contributed by atoms with Crippen LogP contribution in [-0.4, -0.2) is 70.3 Å². The van der Waals surface area contributed by atoms with Crippen LogP contribution in [-0.2, 0) is 28.6 Å². The highest BCUT2D eigenvalue weighted by Crippen LogP contribution is 2.16. The molecule has 0 fully saturated rings. The van der Waals surface area contributed by atoms with E-state index in [4.69, 9.17) is 14.2 Å². The van der Waals surface area contributed by atoms with Crippen LogP contribution in [0.25, 0.3) is 0 Å². The molecule has 0 radical (unpaired) electrons. The lowest BCUT2D eigenvalue weighted by molar-refractivity contribution is -0.124. The van der Waals surface area contributed by atoms with Crippen LogP contribution >= 0.6 is 0 Å². The highest BCUT2D eigenvalue weighted by atomic mass is 16.5. The molecule has 38 heavy (non-hydrogen) atoms. The van der Waals surface area contributed by atoms with Gasteiger partial charge in [-0.15, -0.1) is 0 Å². The molecule has 8 nitrogen and oxygen atoms in total. The van der Waals surface area contributed by atoms with Crippen molar-refractivity contribution in [2.24, 2.45) is 11.8 Å². The lowest BCUT2D eigenvalue weighted by atomic mass is 9.97. The van der Waals surface area contributed by atoms with Gasteiger partial charge in [0.1, 0.15) is 5.78 Å². The number of Topliss-reactive ketones (excluding diaryl/α,β-unsaturated/α-hetero) is 1. The number of ether oxygens (including phenoxy) is 3. The summed E-state index contributed by atoms with van der Waals surface area (Å²) in [4.78, 5) is 35.3. The Balaban J connectivity index is 3.40. The van der Waals surface area contributed by atoms with Crippen LogP contribution in [0.2, 0.25) is 0 Å². The first-order valence-corrected chi connectivity index (χ1v) is 15.2. The van der Waals surface area contributed by atoms with Gasteiger partial charge in [-0.05, 0) is 18.8 Å². The van der Waals surface area contributed by atoms with Gasteiger partial charge in [0.05, 0.1) is 39.6 Å². The fraction of sp³-hybridized carbons (Fsp3) is 0.900. The molecular weight excluding hydrogens is 484 g/mol. The number of hydrogen-bond donors (Lipinski definition) is 2. The Bertz CT molecular complexity index is 585. The summed E-state index contributed by atoms with van der Waals surface area (Å²) in [5, 5.41) is 5.78. The van der Waals surface area contributed by atoms with Crippen molar-refractivity contribution in [3.63, 3.8) is 0 Å². The van der Waals surface area contributed by atoms with Gasteiger partial charge < -0.3 is 24.8 Å². The van der Waals surface area contributed by atoms with Gasteiger partial charge in [0.2, 0.25) is 11.8 Å². The average Bonchev–Trinajstić information content (AvgIpc) is 2.88. The number of carbonyl (C=O) groups excluding carboxylic acids is 3. The smallest absolute Gasteiger partial charge is 0.220 e. The molecule has 0 aliphatic carbocycles. The molecule has 1 unspecified atom stereocenters. The summed E-state index contributed by atoms with van der Waals surface area (Å²) >= 11 is 0. The maximum absolute atomic E-state index is 12.0. The van der Waals surface area contributed by atoms with Gasteiger partial charge in [0.25, 0.3) is 0 Å². The van der Waals surface area contributed by atoms with Crippen LogP contribution in [0.3, 0.4) is 0 Å². The van der Waals surface area contributed by atoms with Gasteiger partial charge in [-0.2, -0.15) is 0 Å². The Morgan fingerprint density at radius 1 is 0.579 bits per heavy atom.